The summed E-state index contributed by atoms with van der Waals surface area (Å²) in [5.74, 6) is -0.539. The highest BCUT2D eigenvalue weighted by Crippen LogP contribution is 2.19. The lowest BCUT2D eigenvalue weighted by molar-refractivity contribution is -0.157. The van der Waals surface area contributed by atoms with E-state index in [2.05, 4.69) is 15.4 Å². The van der Waals surface area contributed by atoms with Crippen LogP contribution in [-0.2, 0) is 26.0 Å². The molecule has 1 atom stereocenters. The number of hydrogen-bond donors (Lipinski definition) is 3. The molecule has 0 aliphatic rings. The van der Waals surface area contributed by atoms with E-state index in [4.69, 9.17) is 4.74 Å². The lowest BCUT2D eigenvalue weighted by atomic mass is 10.1. The molecule has 8 nitrogen and oxygen atoms in total. The lowest BCUT2D eigenvalue weighted by Crippen LogP contribution is -2.47. The summed E-state index contributed by atoms with van der Waals surface area (Å²) in [5.41, 5.74) is 1.78. The molecule has 3 N–H and O–H groups in total. The van der Waals surface area contributed by atoms with Gasteiger partial charge in [-0.15, -0.1) is 0 Å². The summed E-state index contributed by atoms with van der Waals surface area (Å²) in [5, 5.41) is 5.35. The third kappa shape index (κ3) is 8.13. The standard InChI is InChI=1S/C27H31N3O5S/c1-19-9-8-12-23(17-19)36(33,34)30-22-15-13-21(14-16-22)28-26(32)29-24(25(31)35-27(2,3)4)18-20-10-6-5-7-11-20/h5-17,24,30H,18H2,1-4H3,(H2,28,29,32)/t24-/m0/s1. The van der Waals surface area contributed by atoms with Crippen LogP contribution in [0.15, 0.2) is 83.8 Å². The molecule has 0 unspecified atom stereocenters. The number of urea groups is 1. The van der Waals surface area contributed by atoms with Crippen LogP contribution in [0.1, 0.15) is 31.9 Å². The Morgan fingerprint density at radius 1 is 0.889 bits per heavy atom. The molecule has 0 fully saturated rings. The van der Waals surface area contributed by atoms with E-state index >= 15 is 0 Å². The maximum atomic E-state index is 12.7. The van der Waals surface area contributed by atoms with Crippen LogP contribution in [0.2, 0.25) is 0 Å². The molecule has 0 aliphatic carbocycles. The second kappa shape index (κ2) is 11.3. The number of nitrogens with one attached hydrogen (secondary N) is 3. The van der Waals surface area contributed by atoms with E-state index in [1.54, 1.807) is 45.0 Å². The van der Waals surface area contributed by atoms with Crippen LogP contribution < -0.4 is 15.4 Å². The zero-order valence-corrected chi connectivity index (χ0v) is 21.6. The fourth-order valence-electron chi connectivity index (χ4n) is 3.36. The number of rotatable bonds is 8. The molecule has 0 saturated carbocycles. The predicted molar refractivity (Wildman–Crippen MR) is 140 cm³/mol. The van der Waals surface area contributed by atoms with Crippen molar-refractivity contribution >= 4 is 33.4 Å². The van der Waals surface area contributed by atoms with Crippen molar-refractivity contribution in [1.29, 1.82) is 0 Å². The molecule has 0 bridgehead atoms. The van der Waals surface area contributed by atoms with Gasteiger partial charge in [0.2, 0.25) is 0 Å². The first kappa shape index (κ1) is 26.7. The van der Waals surface area contributed by atoms with Gasteiger partial charge in [0, 0.05) is 17.8 Å². The normalized spacial score (nSPS) is 12.3. The largest absolute Gasteiger partial charge is 0.458 e. The molecule has 3 aromatic rings. The number of carbonyl (C=O) groups excluding carboxylic acids is 2. The summed E-state index contributed by atoms with van der Waals surface area (Å²) in [7, 11) is -3.74. The molecule has 0 aromatic heterocycles. The van der Waals surface area contributed by atoms with Crippen molar-refractivity contribution in [2.24, 2.45) is 0 Å². The molecule has 0 aliphatic heterocycles. The van der Waals surface area contributed by atoms with Crippen LogP contribution in [0.4, 0.5) is 16.2 Å². The van der Waals surface area contributed by atoms with Crippen LogP contribution >= 0.6 is 0 Å². The maximum Gasteiger partial charge on any atom is 0.329 e. The molecule has 0 radical (unpaired) electrons. The smallest absolute Gasteiger partial charge is 0.329 e. The highest BCUT2D eigenvalue weighted by molar-refractivity contribution is 7.92. The second-order valence-electron chi connectivity index (χ2n) is 9.37. The van der Waals surface area contributed by atoms with Gasteiger partial charge in [0.05, 0.1) is 4.90 Å². The Morgan fingerprint density at radius 3 is 2.14 bits per heavy atom. The Kier molecular flexibility index (Phi) is 8.37. The zero-order valence-electron chi connectivity index (χ0n) is 20.7. The predicted octanol–water partition coefficient (Wildman–Crippen LogP) is 4.87. The van der Waals surface area contributed by atoms with Crippen LogP contribution in [0.25, 0.3) is 0 Å². The Bertz CT molecular complexity index is 1300. The van der Waals surface area contributed by atoms with Crippen molar-refractivity contribution in [1.82, 2.24) is 5.32 Å². The molecular weight excluding hydrogens is 478 g/mol. The number of sulfonamides is 1. The number of carbonyl (C=O) groups is 2. The number of amides is 2. The molecular formula is C27H31N3O5S. The van der Waals surface area contributed by atoms with Crippen LogP contribution in [-0.4, -0.2) is 32.1 Å². The number of esters is 1. The summed E-state index contributed by atoms with van der Waals surface area (Å²) in [6, 6.07) is 20.6. The number of aryl methyl sites for hydroxylation is 1. The van der Waals surface area contributed by atoms with Crippen molar-refractivity contribution in [2.75, 3.05) is 10.0 Å². The van der Waals surface area contributed by atoms with E-state index in [0.29, 0.717) is 11.4 Å². The van der Waals surface area contributed by atoms with E-state index in [0.717, 1.165) is 11.1 Å². The van der Waals surface area contributed by atoms with Gasteiger partial charge < -0.3 is 15.4 Å². The summed E-state index contributed by atoms with van der Waals surface area (Å²) >= 11 is 0. The fourth-order valence-corrected chi connectivity index (χ4v) is 4.52. The lowest BCUT2D eigenvalue weighted by Gasteiger charge is -2.24. The topological polar surface area (TPSA) is 114 Å². The highest BCUT2D eigenvalue weighted by Gasteiger charge is 2.27. The van der Waals surface area contributed by atoms with E-state index < -0.39 is 33.7 Å². The van der Waals surface area contributed by atoms with E-state index in [-0.39, 0.29) is 11.3 Å². The van der Waals surface area contributed by atoms with E-state index in [9.17, 15) is 18.0 Å². The minimum atomic E-state index is -3.74. The Labute approximate surface area is 212 Å². The summed E-state index contributed by atoms with van der Waals surface area (Å²) < 4.78 is 33.2. The third-order valence-electron chi connectivity index (χ3n) is 4.97. The molecule has 0 heterocycles. The first-order chi connectivity index (χ1) is 16.9. The molecule has 36 heavy (non-hydrogen) atoms. The van der Waals surface area contributed by atoms with Gasteiger partial charge >= 0.3 is 12.0 Å². The quantitative estimate of drug-likeness (QED) is 0.375. The van der Waals surface area contributed by atoms with Gasteiger partial charge in [-0.25, -0.2) is 18.0 Å². The molecule has 3 aromatic carbocycles. The summed E-state index contributed by atoms with van der Waals surface area (Å²) in [6.07, 6.45) is 0.267. The monoisotopic (exact) mass is 509 g/mol. The Hall–Kier alpha value is -3.85. The fraction of sp³-hybridized carbons (Fsp3) is 0.259. The minimum absolute atomic E-state index is 0.163. The molecule has 2 amide bonds. The number of anilines is 2. The molecule has 0 spiro atoms. The molecule has 3 rings (SSSR count). The molecule has 0 saturated heterocycles. The Morgan fingerprint density at radius 2 is 1.53 bits per heavy atom. The Balaban J connectivity index is 1.65. The summed E-state index contributed by atoms with van der Waals surface area (Å²) in [4.78, 5) is 25.6. The van der Waals surface area contributed by atoms with Gasteiger partial charge in [-0.2, -0.15) is 0 Å². The zero-order chi connectivity index (χ0) is 26.3. The molecule has 9 heteroatoms. The average molecular weight is 510 g/mol. The minimum Gasteiger partial charge on any atom is -0.458 e. The summed E-state index contributed by atoms with van der Waals surface area (Å²) in [6.45, 7) is 7.11. The third-order valence-corrected chi connectivity index (χ3v) is 6.35. The maximum absolute atomic E-state index is 12.7. The van der Waals surface area contributed by atoms with Gasteiger partial charge in [-0.3, -0.25) is 4.72 Å². The second-order valence-corrected chi connectivity index (χ2v) is 11.1. The van der Waals surface area contributed by atoms with Crippen molar-refractivity contribution in [3.8, 4) is 0 Å². The highest BCUT2D eigenvalue weighted by atomic mass is 32.2. The van der Waals surface area contributed by atoms with E-state index in [1.165, 1.54) is 18.2 Å². The van der Waals surface area contributed by atoms with Crippen LogP contribution in [0, 0.1) is 6.92 Å². The van der Waals surface area contributed by atoms with Gasteiger partial charge in [-0.05, 0) is 75.2 Å². The molecule has 190 valence electrons. The number of ether oxygens (including phenoxy) is 1. The first-order valence-corrected chi connectivity index (χ1v) is 12.9. The van der Waals surface area contributed by atoms with Gasteiger partial charge in [0.1, 0.15) is 11.6 Å². The van der Waals surface area contributed by atoms with Crippen LogP contribution in [0.5, 0.6) is 0 Å². The average Bonchev–Trinajstić information content (AvgIpc) is 2.79. The van der Waals surface area contributed by atoms with Crippen molar-refractivity contribution in [2.45, 2.75) is 50.7 Å². The number of benzene rings is 3. The van der Waals surface area contributed by atoms with Gasteiger partial charge in [0.15, 0.2) is 0 Å². The SMILES string of the molecule is Cc1cccc(S(=O)(=O)Nc2ccc(NC(=O)N[C@@H](Cc3ccccc3)C(=O)OC(C)(C)C)cc2)c1. The van der Waals surface area contributed by atoms with Gasteiger partial charge in [-0.1, -0.05) is 42.5 Å². The number of hydrogen-bond acceptors (Lipinski definition) is 5. The van der Waals surface area contributed by atoms with Crippen molar-refractivity contribution < 1.29 is 22.7 Å². The van der Waals surface area contributed by atoms with Gasteiger partial charge in [0.25, 0.3) is 10.0 Å². The van der Waals surface area contributed by atoms with Crippen LogP contribution in [0.3, 0.4) is 0 Å². The van der Waals surface area contributed by atoms with E-state index in [1.807, 2.05) is 43.3 Å². The first-order valence-electron chi connectivity index (χ1n) is 11.5. The van der Waals surface area contributed by atoms with Crippen molar-refractivity contribution in [3.05, 3.63) is 90.0 Å². The van der Waals surface area contributed by atoms with Crippen molar-refractivity contribution in [3.63, 3.8) is 0 Å².